The lowest BCUT2D eigenvalue weighted by Crippen LogP contribution is -2.36. The maximum Gasteiger partial charge on any atom is 0.257 e. The van der Waals surface area contributed by atoms with Crippen molar-refractivity contribution in [2.75, 3.05) is 52.2 Å². The molecule has 1 aliphatic heterocycles. The van der Waals surface area contributed by atoms with Crippen molar-refractivity contribution >= 4 is 11.6 Å². The van der Waals surface area contributed by atoms with E-state index >= 15 is 0 Å². The van der Waals surface area contributed by atoms with E-state index in [4.69, 9.17) is 10.5 Å². The number of rotatable bonds is 4. The summed E-state index contributed by atoms with van der Waals surface area (Å²) in [5.74, 6) is -0.281. The molecule has 0 aliphatic carbocycles. The van der Waals surface area contributed by atoms with Gasteiger partial charge in [0.2, 0.25) is 0 Å². The predicted molar refractivity (Wildman–Crippen MR) is 81.4 cm³/mol. The lowest BCUT2D eigenvalue weighted by Gasteiger charge is -2.22. The zero-order chi connectivity index (χ0) is 15.2. The summed E-state index contributed by atoms with van der Waals surface area (Å²) in [7, 11) is 1.69. The number of anilines is 1. The fraction of sp³-hybridized carbons (Fsp3) is 0.533. The normalized spacial score (nSPS) is 16.7. The van der Waals surface area contributed by atoms with Gasteiger partial charge in [0.05, 0.1) is 17.9 Å². The minimum Gasteiger partial charge on any atom is -0.505 e. The largest absolute Gasteiger partial charge is 0.505 e. The van der Waals surface area contributed by atoms with Gasteiger partial charge in [-0.05, 0) is 25.1 Å². The number of nitrogens with zero attached hydrogens (tertiary/aromatic N) is 2. The van der Waals surface area contributed by atoms with Crippen LogP contribution in [0.4, 0.5) is 5.69 Å². The van der Waals surface area contributed by atoms with Crippen LogP contribution in [0.2, 0.25) is 0 Å². The number of nitrogens with two attached hydrogens (primary N) is 1. The molecule has 1 aromatic rings. The van der Waals surface area contributed by atoms with E-state index in [1.807, 2.05) is 0 Å². The molecule has 2 rings (SSSR count). The SMILES string of the molecule is COCCN1CCCN(C(=O)c2cccc(N)c2O)CC1. The Bertz CT molecular complexity index is 493. The van der Waals surface area contributed by atoms with Gasteiger partial charge in [-0.1, -0.05) is 6.07 Å². The van der Waals surface area contributed by atoms with Crippen molar-refractivity contribution in [2.45, 2.75) is 6.42 Å². The van der Waals surface area contributed by atoms with E-state index in [1.165, 1.54) is 0 Å². The van der Waals surface area contributed by atoms with Crippen LogP contribution in [-0.2, 0) is 4.74 Å². The first-order chi connectivity index (χ1) is 10.1. The minimum atomic E-state index is -0.159. The molecule has 0 atom stereocenters. The highest BCUT2D eigenvalue weighted by Gasteiger charge is 2.22. The Labute approximate surface area is 125 Å². The molecule has 0 radical (unpaired) electrons. The van der Waals surface area contributed by atoms with Crippen LogP contribution in [0.5, 0.6) is 5.75 Å². The van der Waals surface area contributed by atoms with Crippen molar-refractivity contribution in [1.29, 1.82) is 0 Å². The summed E-state index contributed by atoms with van der Waals surface area (Å²) >= 11 is 0. The number of nitrogen functional groups attached to an aromatic ring is 1. The van der Waals surface area contributed by atoms with Gasteiger partial charge in [0, 0.05) is 33.3 Å². The van der Waals surface area contributed by atoms with Crippen molar-refractivity contribution in [3.05, 3.63) is 23.8 Å². The zero-order valence-corrected chi connectivity index (χ0v) is 12.4. The summed E-state index contributed by atoms with van der Waals surface area (Å²) in [5, 5.41) is 9.94. The van der Waals surface area contributed by atoms with Gasteiger partial charge in [0.1, 0.15) is 0 Å². The van der Waals surface area contributed by atoms with Crippen molar-refractivity contribution in [2.24, 2.45) is 0 Å². The maximum absolute atomic E-state index is 12.5. The van der Waals surface area contributed by atoms with Gasteiger partial charge in [-0.15, -0.1) is 0 Å². The molecule has 6 heteroatoms. The smallest absolute Gasteiger partial charge is 0.257 e. The number of para-hydroxylation sites is 1. The quantitative estimate of drug-likeness (QED) is 0.633. The Kier molecular flexibility index (Phi) is 5.41. The van der Waals surface area contributed by atoms with Gasteiger partial charge in [-0.3, -0.25) is 9.69 Å². The number of hydrogen-bond acceptors (Lipinski definition) is 5. The van der Waals surface area contributed by atoms with Gasteiger partial charge in [0.15, 0.2) is 5.75 Å². The fourth-order valence-corrected chi connectivity index (χ4v) is 2.52. The van der Waals surface area contributed by atoms with Crippen LogP contribution in [0.15, 0.2) is 18.2 Å². The summed E-state index contributed by atoms with van der Waals surface area (Å²) in [6.07, 6.45) is 0.915. The molecule has 6 nitrogen and oxygen atoms in total. The Morgan fingerprint density at radius 1 is 1.33 bits per heavy atom. The molecule has 1 fully saturated rings. The topological polar surface area (TPSA) is 79.0 Å². The second-order valence-corrected chi connectivity index (χ2v) is 5.22. The number of carbonyl (C=O) groups excluding carboxylic acids is 1. The molecule has 1 amide bonds. The summed E-state index contributed by atoms with van der Waals surface area (Å²) in [4.78, 5) is 16.6. The summed E-state index contributed by atoms with van der Waals surface area (Å²) in [6.45, 7) is 4.69. The molecule has 1 aromatic carbocycles. The molecule has 1 saturated heterocycles. The lowest BCUT2D eigenvalue weighted by atomic mass is 10.1. The number of hydrogen-bond donors (Lipinski definition) is 2. The molecule has 0 bridgehead atoms. The van der Waals surface area contributed by atoms with E-state index in [0.29, 0.717) is 19.7 Å². The van der Waals surface area contributed by atoms with Crippen LogP contribution < -0.4 is 5.73 Å². The third kappa shape index (κ3) is 3.86. The zero-order valence-electron chi connectivity index (χ0n) is 12.4. The third-order valence-electron chi connectivity index (χ3n) is 3.79. The molecule has 3 N–H and O–H groups in total. The number of aromatic hydroxyl groups is 1. The highest BCUT2D eigenvalue weighted by atomic mass is 16.5. The monoisotopic (exact) mass is 293 g/mol. The van der Waals surface area contributed by atoms with Crippen LogP contribution in [0.1, 0.15) is 16.8 Å². The van der Waals surface area contributed by atoms with Gasteiger partial charge in [-0.25, -0.2) is 0 Å². The van der Waals surface area contributed by atoms with Crippen molar-refractivity contribution in [3.8, 4) is 5.75 Å². The summed E-state index contributed by atoms with van der Waals surface area (Å²) in [6, 6.07) is 4.88. The van der Waals surface area contributed by atoms with E-state index in [-0.39, 0.29) is 22.9 Å². The van der Waals surface area contributed by atoms with Crippen LogP contribution in [0.3, 0.4) is 0 Å². The van der Waals surface area contributed by atoms with Crippen LogP contribution in [0.25, 0.3) is 0 Å². The first-order valence-electron chi connectivity index (χ1n) is 7.21. The van der Waals surface area contributed by atoms with Crippen molar-refractivity contribution in [3.63, 3.8) is 0 Å². The maximum atomic E-state index is 12.5. The number of methoxy groups -OCH3 is 1. The number of amides is 1. The molecule has 0 aromatic heterocycles. The van der Waals surface area contributed by atoms with Crippen molar-refractivity contribution < 1.29 is 14.6 Å². The van der Waals surface area contributed by atoms with E-state index in [2.05, 4.69) is 4.90 Å². The van der Waals surface area contributed by atoms with Crippen LogP contribution in [-0.4, -0.2) is 67.3 Å². The second-order valence-electron chi connectivity index (χ2n) is 5.22. The number of carbonyl (C=O) groups is 1. The van der Waals surface area contributed by atoms with Crippen LogP contribution >= 0.6 is 0 Å². The second kappa shape index (κ2) is 7.28. The number of ether oxygens (including phenoxy) is 1. The van der Waals surface area contributed by atoms with E-state index in [1.54, 1.807) is 30.2 Å². The van der Waals surface area contributed by atoms with E-state index in [0.717, 1.165) is 26.1 Å². The summed E-state index contributed by atoms with van der Waals surface area (Å²) in [5.41, 5.74) is 6.16. The van der Waals surface area contributed by atoms with Gasteiger partial charge in [-0.2, -0.15) is 0 Å². The Balaban J connectivity index is 2.01. The van der Waals surface area contributed by atoms with Crippen LogP contribution in [0, 0.1) is 0 Å². The number of benzene rings is 1. The standard InChI is InChI=1S/C15H23N3O3/c1-21-11-10-17-6-3-7-18(9-8-17)15(20)12-4-2-5-13(16)14(12)19/h2,4-5,19H,3,6-11,16H2,1H3. The predicted octanol–water partition coefficient (Wildman–Crippen LogP) is 0.769. The average molecular weight is 293 g/mol. The first kappa shape index (κ1) is 15.6. The molecular weight excluding hydrogens is 270 g/mol. The highest BCUT2D eigenvalue weighted by molar-refractivity contribution is 5.98. The molecule has 1 aliphatic rings. The van der Waals surface area contributed by atoms with Gasteiger partial charge in [0.25, 0.3) is 5.91 Å². The Hall–Kier alpha value is -1.79. The minimum absolute atomic E-state index is 0.122. The third-order valence-corrected chi connectivity index (χ3v) is 3.79. The first-order valence-corrected chi connectivity index (χ1v) is 7.21. The molecule has 1 heterocycles. The Morgan fingerprint density at radius 3 is 2.90 bits per heavy atom. The van der Waals surface area contributed by atoms with Gasteiger partial charge >= 0.3 is 0 Å². The molecule has 0 spiro atoms. The number of phenols is 1. The highest BCUT2D eigenvalue weighted by Crippen LogP contribution is 2.25. The molecule has 21 heavy (non-hydrogen) atoms. The Morgan fingerprint density at radius 2 is 2.14 bits per heavy atom. The molecule has 0 saturated carbocycles. The summed E-state index contributed by atoms with van der Waals surface area (Å²) < 4.78 is 5.09. The average Bonchev–Trinajstić information content (AvgIpc) is 2.73. The van der Waals surface area contributed by atoms with Crippen molar-refractivity contribution in [1.82, 2.24) is 9.80 Å². The number of phenolic OH excluding ortho intramolecular Hbond substituents is 1. The molecule has 0 unspecified atom stereocenters. The van der Waals surface area contributed by atoms with E-state index in [9.17, 15) is 9.90 Å². The van der Waals surface area contributed by atoms with E-state index < -0.39 is 0 Å². The molecular formula is C15H23N3O3. The fourth-order valence-electron chi connectivity index (χ4n) is 2.52. The lowest BCUT2D eigenvalue weighted by molar-refractivity contribution is 0.0756. The van der Waals surface area contributed by atoms with Gasteiger partial charge < -0.3 is 20.5 Å². The molecule has 116 valence electrons.